The summed E-state index contributed by atoms with van der Waals surface area (Å²) in [6, 6.07) is 6.54. The van der Waals surface area contributed by atoms with Crippen LogP contribution in [0.2, 0.25) is 0 Å². The van der Waals surface area contributed by atoms with Crippen LogP contribution in [0.4, 0.5) is 4.39 Å². The third-order valence-electron chi connectivity index (χ3n) is 2.45. The van der Waals surface area contributed by atoms with Gasteiger partial charge in [0.2, 0.25) is 0 Å². The minimum atomic E-state index is -0.198. The van der Waals surface area contributed by atoms with E-state index in [9.17, 15) is 4.39 Å². The predicted molar refractivity (Wildman–Crippen MR) is 59.2 cm³/mol. The molecule has 0 aromatic heterocycles. The number of halogens is 1. The summed E-state index contributed by atoms with van der Waals surface area (Å²) in [7, 11) is 0. The van der Waals surface area contributed by atoms with Crippen molar-refractivity contribution in [1.82, 2.24) is 0 Å². The first-order valence-electron chi connectivity index (χ1n) is 5.25. The lowest BCUT2D eigenvalue weighted by Gasteiger charge is -2.19. The molecule has 0 aliphatic rings. The average Bonchev–Trinajstić information content (AvgIpc) is 2.21. The maximum absolute atomic E-state index is 13.3. The first-order valence-corrected chi connectivity index (χ1v) is 5.25. The van der Waals surface area contributed by atoms with Crippen molar-refractivity contribution in [3.05, 3.63) is 35.6 Å². The molecule has 0 amide bonds. The highest BCUT2D eigenvalue weighted by atomic mass is 19.1. The normalized spacial score (nSPS) is 14.9. The van der Waals surface area contributed by atoms with Gasteiger partial charge in [0.25, 0.3) is 0 Å². The molecule has 1 rings (SSSR count). The van der Waals surface area contributed by atoms with Crippen molar-refractivity contribution >= 4 is 0 Å². The summed E-state index contributed by atoms with van der Waals surface area (Å²) in [5, 5.41) is 0. The minimum Gasteiger partial charge on any atom is -0.377 e. The van der Waals surface area contributed by atoms with E-state index in [1.54, 1.807) is 12.1 Å². The van der Waals surface area contributed by atoms with E-state index in [-0.39, 0.29) is 18.0 Å². The predicted octanol–water partition coefficient (Wildman–Crippen LogP) is 2.12. The Morgan fingerprint density at radius 1 is 1.40 bits per heavy atom. The fourth-order valence-corrected chi connectivity index (χ4v) is 1.47. The molecule has 0 aliphatic heterocycles. The second kappa shape index (κ2) is 5.83. The summed E-state index contributed by atoms with van der Waals surface area (Å²) >= 11 is 0. The first kappa shape index (κ1) is 12.1. The van der Waals surface area contributed by atoms with Crippen LogP contribution >= 0.6 is 0 Å². The molecule has 3 heteroatoms. The number of nitrogens with two attached hydrogens (primary N) is 1. The summed E-state index contributed by atoms with van der Waals surface area (Å²) in [6.45, 7) is 4.47. The van der Waals surface area contributed by atoms with Gasteiger partial charge in [-0.3, -0.25) is 0 Å². The van der Waals surface area contributed by atoms with Gasteiger partial charge >= 0.3 is 0 Å². The van der Waals surface area contributed by atoms with Gasteiger partial charge in [-0.25, -0.2) is 4.39 Å². The van der Waals surface area contributed by atoms with Crippen LogP contribution in [0.15, 0.2) is 24.3 Å². The molecule has 0 fully saturated rings. The number of rotatable bonds is 5. The highest BCUT2D eigenvalue weighted by molar-refractivity contribution is 5.18. The van der Waals surface area contributed by atoms with Crippen LogP contribution in [0.3, 0.4) is 0 Å². The molecule has 2 nitrogen and oxygen atoms in total. The van der Waals surface area contributed by atoms with Gasteiger partial charge in [-0.1, -0.05) is 18.2 Å². The van der Waals surface area contributed by atoms with Crippen molar-refractivity contribution < 1.29 is 9.13 Å². The van der Waals surface area contributed by atoms with Crippen LogP contribution in [-0.2, 0) is 11.2 Å². The van der Waals surface area contributed by atoms with E-state index in [0.29, 0.717) is 18.6 Å². The zero-order chi connectivity index (χ0) is 11.3. The lowest BCUT2D eigenvalue weighted by molar-refractivity contribution is 0.0575. The third kappa shape index (κ3) is 3.61. The Kier molecular flexibility index (Phi) is 4.72. The molecule has 2 atom stereocenters. The Labute approximate surface area is 90.2 Å². The van der Waals surface area contributed by atoms with Crippen molar-refractivity contribution in [3.8, 4) is 0 Å². The number of benzene rings is 1. The summed E-state index contributed by atoms with van der Waals surface area (Å²) in [5.74, 6) is -0.198. The van der Waals surface area contributed by atoms with Gasteiger partial charge in [0.05, 0.1) is 6.10 Å². The summed E-state index contributed by atoms with van der Waals surface area (Å²) < 4.78 is 18.7. The molecule has 0 heterocycles. The summed E-state index contributed by atoms with van der Waals surface area (Å²) in [5.41, 5.74) is 6.56. The molecule has 2 N–H and O–H groups in total. The molecule has 0 aliphatic carbocycles. The van der Waals surface area contributed by atoms with Gasteiger partial charge in [-0.2, -0.15) is 0 Å². The van der Waals surface area contributed by atoms with Gasteiger partial charge in [0.1, 0.15) is 5.82 Å². The highest BCUT2D eigenvalue weighted by Gasteiger charge is 2.14. The molecule has 84 valence electrons. The largest absolute Gasteiger partial charge is 0.377 e. The SMILES string of the molecule is CCOC(C)C(N)Cc1ccccc1F. The van der Waals surface area contributed by atoms with Gasteiger partial charge < -0.3 is 10.5 Å². The second-order valence-corrected chi connectivity index (χ2v) is 3.62. The number of hydrogen-bond acceptors (Lipinski definition) is 2. The smallest absolute Gasteiger partial charge is 0.126 e. The van der Waals surface area contributed by atoms with E-state index in [2.05, 4.69) is 0 Å². The van der Waals surface area contributed by atoms with Crippen LogP contribution in [0.5, 0.6) is 0 Å². The molecule has 15 heavy (non-hydrogen) atoms. The number of hydrogen-bond donors (Lipinski definition) is 1. The molecule has 2 unspecified atom stereocenters. The number of ether oxygens (including phenoxy) is 1. The average molecular weight is 211 g/mol. The van der Waals surface area contributed by atoms with Gasteiger partial charge in [0.15, 0.2) is 0 Å². The van der Waals surface area contributed by atoms with E-state index in [1.807, 2.05) is 19.9 Å². The molecular formula is C12H18FNO. The maximum atomic E-state index is 13.3. The molecule has 0 saturated heterocycles. The first-order chi connectivity index (χ1) is 7.15. The molecule has 0 bridgehead atoms. The fraction of sp³-hybridized carbons (Fsp3) is 0.500. The van der Waals surface area contributed by atoms with Crippen molar-refractivity contribution in [2.24, 2.45) is 5.73 Å². The lowest BCUT2D eigenvalue weighted by Crippen LogP contribution is -2.36. The third-order valence-corrected chi connectivity index (χ3v) is 2.45. The molecule has 0 spiro atoms. The van der Waals surface area contributed by atoms with Crippen LogP contribution in [-0.4, -0.2) is 18.8 Å². The minimum absolute atomic E-state index is 0.0467. The molecule has 0 radical (unpaired) electrons. The molecule has 1 aromatic carbocycles. The fourth-order valence-electron chi connectivity index (χ4n) is 1.47. The zero-order valence-electron chi connectivity index (χ0n) is 9.24. The highest BCUT2D eigenvalue weighted by Crippen LogP contribution is 2.10. The second-order valence-electron chi connectivity index (χ2n) is 3.62. The van der Waals surface area contributed by atoms with Crippen LogP contribution in [0.25, 0.3) is 0 Å². The zero-order valence-corrected chi connectivity index (χ0v) is 9.24. The summed E-state index contributed by atoms with van der Waals surface area (Å²) in [6.07, 6.45) is 0.461. The Morgan fingerprint density at radius 3 is 2.67 bits per heavy atom. The van der Waals surface area contributed by atoms with Gasteiger partial charge in [-0.05, 0) is 31.9 Å². The van der Waals surface area contributed by atoms with Crippen LogP contribution < -0.4 is 5.73 Å². The molecule has 0 saturated carbocycles. The Balaban J connectivity index is 2.58. The van der Waals surface area contributed by atoms with E-state index in [4.69, 9.17) is 10.5 Å². The Hall–Kier alpha value is -0.930. The van der Waals surface area contributed by atoms with E-state index in [1.165, 1.54) is 6.07 Å². The quantitative estimate of drug-likeness (QED) is 0.809. The Morgan fingerprint density at radius 2 is 2.07 bits per heavy atom. The van der Waals surface area contributed by atoms with Crippen LogP contribution in [0.1, 0.15) is 19.4 Å². The van der Waals surface area contributed by atoms with Crippen molar-refractivity contribution in [2.45, 2.75) is 32.4 Å². The lowest BCUT2D eigenvalue weighted by atomic mass is 10.0. The van der Waals surface area contributed by atoms with Gasteiger partial charge in [0, 0.05) is 12.6 Å². The molecule has 1 aromatic rings. The standard InChI is InChI=1S/C12H18FNO/c1-3-15-9(2)12(14)8-10-6-4-5-7-11(10)13/h4-7,9,12H,3,8,14H2,1-2H3. The van der Waals surface area contributed by atoms with Gasteiger partial charge in [-0.15, -0.1) is 0 Å². The van der Waals surface area contributed by atoms with E-state index >= 15 is 0 Å². The van der Waals surface area contributed by atoms with E-state index < -0.39 is 0 Å². The summed E-state index contributed by atoms with van der Waals surface area (Å²) in [4.78, 5) is 0. The monoisotopic (exact) mass is 211 g/mol. The van der Waals surface area contributed by atoms with Crippen molar-refractivity contribution in [1.29, 1.82) is 0 Å². The topological polar surface area (TPSA) is 35.2 Å². The Bertz CT molecular complexity index is 303. The maximum Gasteiger partial charge on any atom is 0.126 e. The molecular weight excluding hydrogens is 193 g/mol. The van der Waals surface area contributed by atoms with Crippen molar-refractivity contribution in [3.63, 3.8) is 0 Å². The van der Waals surface area contributed by atoms with Crippen molar-refractivity contribution in [2.75, 3.05) is 6.61 Å². The van der Waals surface area contributed by atoms with E-state index in [0.717, 1.165) is 0 Å². The van der Waals surface area contributed by atoms with Crippen LogP contribution in [0, 0.1) is 5.82 Å².